The molecule has 8 nitrogen and oxygen atoms in total. The highest BCUT2D eigenvalue weighted by Crippen LogP contribution is 2.22. The Morgan fingerprint density at radius 2 is 2.00 bits per heavy atom. The molecule has 9 heteroatoms. The molecule has 0 radical (unpaired) electrons. The van der Waals surface area contributed by atoms with Gasteiger partial charge in [0.1, 0.15) is 11.6 Å². The van der Waals surface area contributed by atoms with Crippen LogP contribution in [0.5, 0.6) is 0 Å². The van der Waals surface area contributed by atoms with Gasteiger partial charge in [0, 0.05) is 45.6 Å². The van der Waals surface area contributed by atoms with Gasteiger partial charge in [-0.15, -0.1) is 24.0 Å². The van der Waals surface area contributed by atoms with Crippen LogP contribution in [0, 0.1) is 6.92 Å². The average Bonchev–Trinajstić information content (AvgIpc) is 3.32. The fourth-order valence-electron chi connectivity index (χ4n) is 4.05. The van der Waals surface area contributed by atoms with E-state index in [2.05, 4.69) is 37.8 Å². The van der Waals surface area contributed by atoms with Crippen molar-refractivity contribution in [2.45, 2.75) is 58.3 Å². The molecule has 4 rings (SSSR count). The molecule has 1 unspecified atom stereocenters. The molecule has 1 atom stereocenters. The van der Waals surface area contributed by atoms with E-state index in [4.69, 9.17) is 0 Å². The van der Waals surface area contributed by atoms with Gasteiger partial charge in [-0.1, -0.05) is 24.3 Å². The predicted molar refractivity (Wildman–Crippen MR) is 127 cm³/mol. The van der Waals surface area contributed by atoms with Crippen LogP contribution in [0.1, 0.15) is 42.0 Å². The zero-order valence-corrected chi connectivity index (χ0v) is 19.9. The number of carbonyl (C=O) groups is 1. The number of hydrogen-bond donors (Lipinski definition) is 2. The summed E-state index contributed by atoms with van der Waals surface area (Å²) in [5.41, 5.74) is 2.53. The first-order chi connectivity index (χ1) is 14.1. The maximum absolute atomic E-state index is 12.5. The number of aryl methyl sites for hydroxylation is 2. The lowest BCUT2D eigenvalue weighted by Gasteiger charge is -2.25. The number of nitrogens with one attached hydrogen (secondary N) is 2. The Morgan fingerprint density at radius 1 is 1.27 bits per heavy atom. The Morgan fingerprint density at radius 3 is 2.70 bits per heavy atom. The Hall–Kier alpha value is -2.17. The normalized spacial score (nSPS) is 17.7. The van der Waals surface area contributed by atoms with Gasteiger partial charge in [-0.2, -0.15) is 5.10 Å². The summed E-state index contributed by atoms with van der Waals surface area (Å²) in [4.78, 5) is 23.2. The summed E-state index contributed by atoms with van der Waals surface area (Å²) in [6.07, 6.45) is 3.25. The molecule has 162 valence electrons. The molecule has 2 N–H and O–H groups in total. The monoisotopic (exact) mass is 523 g/mol. The molecule has 2 aliphatic heterocycles. The quantitative estimate of drug-likeness (QED) is 0.271. The van der Waals surface area contributed by atoms with Crippen LogP contribution in [-0.4, -0.2) is 51.2 Å². The van der Waals surface area contributed by atoms with Crippen LogP contribution in [0.3, 0.4) is 0 Å². The number of amides is 1. The molecule has 30 heavy (non-hydrogen) atoms. The van der Waals surface area contributed by atoms with E-state index >= 15 is 0 Å². The van der Waals surface area contributed by atoms with Gasteiger partial charge in [0.2, 0.25) is 5.91 Å². The average molecular weight is 523 g/mol. The first-order valence-electron chi connectivity index (χ1n) is 10.3. The van der Waals surface area contributed by atoms with Gasteiger partial charge in [0.25, 0.3) is 0 Å². The molecular weight excluding hydrogens is 493 g/mol. The van der Waals surface area contributed by atoms with Crippen molar-refractivity contribution in [1.82, 2.24) is 30.3 Å². The number of benzene rings is 1. The van der Waals surface area contributed by atoms with Gasteiger partial charge in [0.05, 0.1) is 6.54 Å². The van der Waals surface area contributed by atoms with Crippen molar-refractivity contribution in [3.63, 3.8) is 0 Å². The third kappa shape index (κ3) is 5.30. The van der Waals surface area contributed by atoms with Crippen molar-refractivity contribution in [1.29, 1.82) is 0 Å². The molecule has 0 spiro atoms. The highest BCUT2D eigenvalue weighted by molar-refractivity contribution is 14.0. The minimum Gasteiger partial charge on any atom is -0.356 e. The van der Waals surface area contributed by atoms with E-state index < -0.39 is 0 Å². The second-order valence-electron chi connectivity index (χ2n) is 7.76. The zero-order chi connectivity index (χ0) is 20.2. The molecule has 0 saturated carbocycles. The SMILES string of the molecule is CN=C(NCCCC(=O)N1Cc2ccccc2C1)NC1CCc2nc(C)nn2C1.I. The maximum Gasteiger partial charge on any atom is 0.223 e. The summed E-state index contributed by atoms with van der Waals surface area (Å²) in [6, 6.07) is 8.56. The first kappa shape index (κ1) is 22.5. The third-order valence-corrected chi connectivity index (χ3v) is 5.58. The lowest BCUT2D eigenvalue weighted by molar-refractivity contribution is -0.131. The fourth-order valence-corrected chi connectivity index (χ4v) is 4.05. The summed E-state index contributed by atoms with van der Waals surface area (Å²) < 4.78 is 1.98. The Bertz CT molecular complexity index is 886. The maximum atomic E-state index is 12.5. The standard InChI is InChI=1S/C21H29N7O.HI/c1-15-24-19-10-9-18(14-28(19)26-15)25-21(22-2)23-11-5-8-20(29)27-12-16-6-3-4-7-17(16)13-27;/h3-4,6-7,18H,5,8-14H2,1-2H3,(H2,22,23,25);1H. The summed E-state index contributed by atoms with van der Waals surface area (Å²) in [5, 5.41) is 11.2. The zero-order valence-electron chi connectivity index (χ0n) is 17.6. The van der Waals surface area contributed by atoms with Crippen molar-refractivity contribution in [2.75, 3.05) is 13.6 Å². The molecule has 0 fully saturated rings. The molecule has 2 aromatic rings. The van der Waals surface area contributed by atoms with E-state index in [0.29, 0.717) is 13.0 Å². The van der Waals surface area contributed by atoms with Gasteiger partial charge < -0.3 is 15.5 Å². The van der Waals surface area contributed by atoms with Crippen LogP contribution in [0.4, 0.5) is 0 Å². The lowest BCUT2D eigenvalue weighted by Crippen LogP contribution is -2.47. The number of rotatable bonds is 5. The van der Waals surface area contributed by atoms with Gasteiger partial charge in [-0.05, 0) is 30.9 Å². The number of nitrogens with zero attached hydrogens (tertiary/aromatic N) is 5. The summed E-state index contributed by atoms with van der Waals surface area (Å²) in [7, 11) is 1.77. The van der Waals surface area contributed by atoms with Crippen molar-refractivity contribution in [3.05, 3.63) is 47.0 Å². The molecule has 0 aliphatic carbocycles. The van der Waals surface area contributed by atoms with Gasteiger partial charge in [-0.25, -0.2) is 9.67 Å². The van der Waals surface area contributed by atoms with Crippen molar-refractivity contribution in [2.24, 2.45) is 4.99 Å². The van der Waals surface area contributed by atoms with Crippen LogP contribution in [0.2, 0.25) is 0 Å². The lowest BCUT2D eigenvalue weighted by atomic mass is 10.1. The van der Waals surface area contributed by atoms with Crippen molar-refractivity contribution >= 4 is 35.8 Å². The number of fused-ring (bicyclic) bond motifs is 2. The summed E-state index contributed by atoms with van der Waals surface area (Å²) in [5.74, 6) is 2.88. The highest BCUT2D eigenvalue weighted by Gasteiger charge is 2.23. The second-order valence-corrected chi connectivity index (χ2v) is 7.76. The third-order valence-electron chi connectivity index (χ3n) is 5.58. The van der Waals surface area contributed by atoms with Crippen LogP contribution < -0.4 is 10.6 Å². The van der Waals surface area contributed by atoms with E-state index in [9.17, 15) is 4.79 Å². The fraction of sp³-hybridized carbons (Fsp3) is 0.524. The number of aliphatic imine (C=N–C) groups is 1. The summed E-state index contributed by atoms with van der Waals surface area (Å²) in [6.45, 7) is 4.90. The highest BCUT2D eigenvalue weighted by atomic mass is 127. The van der Waals surface area contributed by atoms with Crippen LogP contribution in [-0.2, 0) is 30.8 Å². The predicted octanol–water partition coefficient (Wildman–Crippen LogP) is 2.01. The largest absolute Gasteiger partial charge is 0.356 e. The Kier molecular flexibility index (Phi) is 7.68. The smallest absolute Gasteiger partial charge is 0.223 e. The summed E-state index contributed by atoms with van der Waals surface area (Å²) >= 11 is 0. The van der Waals surface area contributed by atoms with E-state index in [1.165, 1.54) is 11.1 Å². The Labute approximate surface area is 194 Å². The van der Waals surface area contributed by atoms with E-state index in [1.54, 1.807) is 7.05 Å². The first-order valence-corrected chi connectivity index (χ1v) is 10.3. The molecule has 2 aliphatic rings. The molecule has 1 aromatic heterocycles. The number of carbonyl (C=O) groups excluding carboxylic acids is 1. The number of hydrogen-bond acceptors (Lipinski definition) is 4. The number of aromatic nitrogens is 3. The van der Waals surface area contributed by atoms with Gasteiger partial charge >= 0.3 is 0 Å². The van der Waals surface area contributed by atoms with E-state index in [1.807, 2.05) is 28.6 Å². The van der Waals surface area contributed by atoms with Crippen molar-refractivity contribution < 1.29 is 4.79 Å². The molecule has 1 aromatic carbocycles. The molecule has 1 amide bonds. The van der Waals surface area contributed by atoms with Crippen LogP contribution in [0.25, 0.3) is 0 Å². The topological polar surface area (TPSA) is 87.4 Å². The molecule has 0 saturated heterocycles. The molecular formula is C21H30IN7O. The minimum atomic E-state index is 0. The van der Waals surface area contributed by atoms with E-state index in [0.717, 1.165) is 56.5 Å². The van der Waals surface area contributed by atoms with Gasteiger partial charge in [0.15, 0.2) is 5.96 Å². The van der Waals surface area contributed by atoms with Gasteiger partial charge in [-0.3, -0.25) is 9.79 Å². The Balaban J connectivity index is 0.00000256. The second kappa shape index (κ2) is 10.2. The van der Waals surface area contributed by atoms with Crippen LogP contribution >= 0.6 is 24.0 Å². The number of halogens is 1. The molecule has 3 heterocycles. The minimum absolute atomic E-state index is 0. The number of guanidine groups is 1. The van der Waals surface area contributed by atoms with Crippen molar-refractivity contribution in [3.8, 4) is 0 Å². The van der Waals surface area contributed by atoms with Crippen LogP contribution in [0.15, 0.2) is 29.3 Å². The molecule has 0 bridgehead atoms. The van der Waals surface area contributed by atoms with E-state index in [-0.39, 0.29) is 35.9 Å².